The lowest BCUT2D eigenvalue weighted by molar-refractivity contribution is -0.142. The number of carboxylic acid groups (broad SMARTS) is 1. The molecule has 0 saturated carbocycles. The van der Waals surface area contributed by atoms with Crippen molar-refractivity contribution >= 4 is 30.6 Å². The van der Waals surface area contributed by atoms with Crippen molar-refractivity contribution in [3.63, 3.8) is 0 Å². The van der Waals surface area contributed by atoms with Gasteiger partial charge in [0.1, 0.15) is 12.1 Å². The quantitative estimate of drug-likeness (QED) is 0.0694. The van der Waals surface area contributed by atoms with Gasteiger partial charge in [-0.05, 0) is 92.4 Å². The van der Waals surface area contributed by atoms with Gasteiger partial charge in [-0.3, -0.25) is 4.79 Å². The highest BCUT2D eigenvalue weighted by Crippen LogP contribution is 2.16. The topological polar surface area (TPSA) is 105 Å². The highest BCUT2D eigenvalue weighted by atomic mass is 32.1. The zero-order chi connectivity index (χ0) is 28.6. The van der Waals surface area contributed by atoms with Crippen LogP contribution in [0.1, 0.15) is 107 Å². The maximum absolute atomic E-state index is 12.9. The van der Waals surface area contributed by atoms with E-state index in [-0.39, 0.29) is 5.92 Å². The first kappa shape index (κ1) is 34.8. The van der Waals surface area contributed by atoms with E-state index in [0.717, 1.165) is 32.1 Å². The number of aliphatic carboxylic acids is 1. The molecule has 0 radical (unpaired) electrons. The second-order valence-electron chi connectivity index (χ2n) is 10.6. The largest absolute Gasteiger partial charge is 0.480 e. The Kier molecular flexibility index (Phi) is 17.0. The Balaban J connectivity index is 4.79. The normalized spacial score (nSPS) is 14.8. The van der Waals surface area contributed by atoms with Crippen molar-refractivity contribution in [2.45, 2.75) is 124 Å². The summed E-state index contributed by atoms with van der Waals surface area (Å²) >= 11 is 4.16. The smallest absolute Gasteiger partial charge is 0.409 e. The highest BCUT2D eigenvalue weighted by molar-refractivity contribution is 7.81. The van der Waals surface area contributed by atoms with Crippen LogP contribution < -0.4 is 10.6 Å². The number of thiol groups is 1. The lowest BCUT2D eigenvalue weighted by Crippen LogP contribution is -2.54. The van der Waals surface area contributed by atoms with Crippen LogP contribution in [0.4, 0.5) is 4.79 Å². The van der Waals surface area contributed by atoms with E-state index < -0.39 is 35.0 Å². The van der Waals surface area contributed by atoms with Crippen LogP contribution in [0.15, 0.2) is 34.9 Å². The van der Waals surface area contributed by atoms with Gasteiger partial charge in [-0.2, -0.15) is 0 Å². The molecule has 0 fully saturated rings. The Hall–Kier alpha value is -2.22. The van der Waals surface area contributed by atoms with E-state index >= 15 is 0 Å². The summed E-state index contributed by atoms with van der Waals surface area (Å²) < 4.78 is 5.14. The SMILES string of the molecule is CCC(C)[C@@H](NC(=O)OC(C)(C)S)C(=O)N[C@H](CCC/C=C(\C)CC/C=C(\C)CCC=C(C)C)C(=O)O. The number of nitrogens with one attached hydrogen (secondary N) is 2. The van der Waals surface area contributed by atoms with E-state index in [1.807, 2.05) is 13.8 Å². The maximum Gasteiger partial charge on any atom is 0.409 e. The predicted octanol–water partition coefficient (Wildman–Crippen LogP) is 6.95. The van der Waals surface area contributed by atoms with Crippen molar-refractivity contribution in [3.05, 3.63) is 34.9 Å². The monoisotopic (exact) mass is 538 g/mol. The number of carbonyl (C=O) groups is 3. The number of alkyl carbamates (subject to hydrolysis) is 1. The fourth-order valence-electron chi connectivity index (χ4n) is 3.61. The molecule has 212 valence electrons. The van der Waals surface area contributed by atoms with Gasteiger partial charge in [0.25, 0.3) is 0 Å². The third-order valence-corrected chi connectivity index (χ3v) is 6.13. The fourth-order valence-corrected chi connectivity index (χ4v) is 3.70. The van der Waals surface area contributed by atoms with Gasteiger partial charge in [-0.25, -0.2) is 9.59 Å². The molecule has 0 aromatic carbocycles. The summed E-state index contributed by atoms with van der Waals surface area (Å²) in [6.07, 6.45) is 12.3. The molecule has 37 heavy (non-hydrogen) atoms. The van der Waals surface area contributed by atoms with Gasteiger partial charge < -0.3 is 20.5 Å². The van der Waals surface area contributed by atoms with E-state index in [4.69, 9.17) is 4.74 Å². The molecule has 7 nitrogen and oxygen atoms in total. The Morgan fingerprint density at radius 3 is 1.97 bits per heavy atom. The molecule has 1 unspecified atom stereocenters. The van der Waals surface area contributed by atoms with Crippen molar-refractivity contribution in [2.24, 2.45) is 5.92 Å². The summed E-state index contributed by atoms with van der Waals surface area (Å²) in [5.41, 5.74) is 4.02. The lowest BCUT2D eigenvalue weighted by Gasteiger charge is -2.27. The van der Waals surface area contributed by atoms with Gasteiger partial charge in [-0.1, -0.05) is 55.2 Å². The number of unbranched alkanes of at least 4 members (excludes halogenated alkanes) is 1. The molecule has 0 spiro atoms. The van der Waals surface area contributed by atoms with Crippen molar-refractivity contribution in [2.75, 3.05) is 0 Å². The van der Waals surface area contributed by atoms with Crippen LogP contribution in [0.2, 0.25) is 0 Å². The van der Waals surface area contributed by atoms with Gasteiger partial charge in [0.2, 0.25) is 5.91 Å². The van der Waals surface area contributed by atoms with Gasteiger partial charge in [0.05, 0.1) is 0 Å². The first-order chi connectivity index (χ1) is 17.2. The standard InChI is InChI=1S/C29H50N2O5S/c1-9-23(6)25(31-28(35)36-29(7,8)37)26(32)30-24(27(33)34)19-11-10-15-21(4)17-13-18-22(5)16-12-14-20(2)3/h14-15,18,23-25,37H,9-13,16-17,19H2,1-8H3,(H,30,32)(H,31,35)(H,33,34)/b21-15+,22-18+/t23?,24-,25-/m1/s1. The summed E-state index contributed by atoms with van der Waals surface area (Å²) in [5, 5.41) is 14.8. The van der Waals surface area contributed by atoms with E-state index in [1.54, 1.807) is 13.8 Å². The van der Waals surface area contributed by atoms with E-state index in [9.17, 15) is 19.5 Å². The van der Waals surface area contributed by atoms with Crippen LogP contribution >= 0.6 is 12.6 Å². The van der Waals surface area contributed by atoms with Gasteiger partial charge in [0, 0.05) is 0 Å². The zero-order valence-electron chi connectivity index (χ0n) is 24.1. The molecule has 0 aliphatic rings. The molecule has 0 aliphatic heterocycles. The van der Waals surface area contributed by atoms with Crippen molar-refractivity contribution in [1.82, 2.24) is 10.6 Å². The lowest BCUT2D eigenvalue weighted by atomic mass is 9.97. The number of ether oxygens (including phenoxy) is 1. The van der Waals surface area contributed by atoms with Crippen LogP contribution in [0.5, 0.6) is 0 Å². The van der Waals surface area contributed by atoms with Crippen LogP contribution in [-0.4, -0.2) is 40.1 Å². The molecule has 0 aromatic heterocycles. The van der Waals surface area contributed by atoms with E-state index in [0.29, 0.717) is 19.3 Å². The minimum Gasteiger partial charge on any atom is -0.480 e. The minimum atomic E-state index is -1.09. The number of carboxylic acids is 1. The van der Waals surface area contributed by atoms with Crippen LogP contribution in [0, 0.1) is 5.92 Å². The van der Waals surface area contributed by atoms with Crippen LogP contribution in [0.3, 0.4) is 0 Å². The summed E-state index contributed by atoms with van der Waals surface area (Å²) in [5.74, 6) is -1.83. The number of carbonyl (C=O) groups excluding carboxylic acids is 2. The van der Waals surface area contributed by atoms with Crippen LogP contribution in [-0.2, 0) is 14.3 Å². The number of amides is 2. The summed E-state index contributed by atoms with van der Waals surface area (Å²) in [4.78, 5) is 35.9. The van der Waals surface area contributed by atoms with E-state index in [1.165, 1.54) is 16.7 Å². The number of rotatable bonds is 17. The molecule has 2 amide bonds. The molecule has 0 heterocycles. The third-order valence-electron chi connectivity index (χ3n) is 6.04. The Bertz CT molecular complexity index is 823. The minimum absolute atomic E-state index is 0.208. The molecule has 3 N–H and O–H groups in total. The van der Waals surface area contributed by atoms with Crippen molar-refractivity contribution in [3.8, 4) is 0 Å². The first-order valence-corrected chi connectivity index (χ1v) is 13.8. The number of hydrogen-bond donors (Lipinski definition) is 4. The first-order valence-electron chi connectivity index (χ1n) is 13.4. The molecular weight excluding hydrogens is 488 g/mol. The molecule has 0 aliphatic carbocycles. The van der Waals surface area contributed by atoms with E-state index in [2.05, 4.69) is 69.2 Å². The highest BCUT2D eigenvalue weighted by Gasteiger charge is 2.31. The van der Waals surface area contributed by atoms with Crippen molar-refractivity contribution < 1.29 is 24.2 Å². The third kappa shape index (κ3) is 17.8. The molecule has 0 rings (SSSR count). The molecule has 0 saturated heterocycles. The van der Waals surface area contributed by atoms with Crippen molar-refractivity contribution in [1.29, 1.82) is 0 Å². The average molecular weight is 539 g/mol. The number of allylic oxidation sites excluding steroid dienone is 6. The Morgan fingerprint density at radius 1 is 0.946 bits per heavy atom. The number of hydrogen-bond acceptors (Lipinski definition) is 5. The maximum atomic E-state index is 12.9. The molecular formula is C29H50N2O5S. The molecule has 8 heteroatoms. The van der Waals surface area contributed by atoms with Gasteiger partial charge >= 0.3 is 12.1 Å². The summed E-state index contributed by atoms with van der Waals surface area (Å²) in [6, 6.07) is -1.94. The molecule has 0 aromatic rings. The molecule has 0 bridgehead atoms. The Labute approximate surface area is 230 Å². The second-order valence-corrected chi connectivity index (χ2v) is 11.7. The van der Waals surface area contributed by atoms with Crippen LogP contribution in [0.25, 0.3) is 0 Å². The molecule has 3 atom stereocenters. The summed E-state index contributed by atoms with van der Waals surface area (Å²) in [6.45, 7) is 15.4. The van der Waals surface area contributed by atoms with Gasteiger partial charge in [0.15, 0.2) is 4.93 Å². The Morgan fingerprint density at radius 2 is 1.49 bits per heavy atom. The fraction of sp³-hybridized carbons (Fsp3) is 0.690. The summed E-state index contributed by atoms with van der Waals surface area (Å²) in [7, 11) is 0. The second kappa shape index (κ2) is 18.1. The predicted molar refractivity (Wildman–Crippen MR) is 155 cm³/mol. The van der Waals surface area contributed by atoms with Gasteiger partial charge in [-0.15, -0.1) is 12.6 Å². The zero-order valence-corrected chi connectivity index (χ0v) is 25.0. The average Bonchev–Trinajstić information content (AvgIpc) is 2.77.